The number of nitrogens with zero attached hydrogens (tertiary/aromatic N) is 3. The summed E-state index contributed by atoms with van der Waals surface area (Å²) in [5.41, 5.74) is 2.91. The maximum atomic E-state index is 13.4. The molecule has 6 nitrogen and oxygen atoms in total. The largest absolute Gasteiger partial charge is 0.491 e. The molecule has 3 aromatic rings. The van der Waals surface area contributed by atoms with Crippen LogP contribution in [0.2, 0.25) is 0 Å². The summed E-state index contributed by atoms with van der Waals surface area (Å²) in [5.74, 6) is 1.25. The molecule has 3 heterocycles. The molecule has 2 fully saturated rings. The Morgan fingerprint density at radius 3 is 2.85 bits per heavy atom. The van der Waals surface area contributed by atoms with E-state index in [2.05, 4.69) is 29.2 Å². The number of carbonyl (C=O) groups excluding carboxylic acids is 2. The van der Waals surface area contributed by atoms with Gasteiger partial charge in [0.15, 0.2) is 0 Å². The minimum absolute atomic E-state index is 0.0280. The Bertz CT molecular complexity index is 1180. The van der Waals surface area contributed by atoms with Crippen LogP contribution in [0, 0.1) is 5.92 Å². The molecule has 1 atom stereocenters. The second kappa shape index (κ2) is 10.2. The molecule has 2 aliphatic rings. The second-order valence-electron chi connectivity index (χ2n) is 9.32. The van der Waals surface area contributed by atoms with Gasteiger partial charge in [0, 0.05) is 37.6 Å². The van der Waals surface area contributed by atoms with Crippen molar-refractivity contribution in [2.45, 2.75) is 32.1 Å². The summed E-state index contributed by atoms with van der Waals surface area (Å²) in [5, 5.41) is 1.16. The molecule has 2 amide bonds. The number of hydrogen-bond donors (Lipinski definition) is 0. The molecule has 176 valence electrons. The van der Waals surface area contributed by atoms with Gasteiger partial charge in [-0.3, -0.25) is 14.6 Å². The maximum Gasteiger partial charge on any atom is 0.257 e. The Balaban J connectivity index is 1.22. The zero-order valence-electron chi connectivity index (χ0n) is 19.5. The Hall–Kier alpha value is -3.41. The third kappa shape index (κ3) is 5.06. The van der Waals surface area contributed by atoms with E-state index in [0.717, 1.165) is 56.2 Å². The van der Waals surface area contributed by atoms with Crippen LogP contribution in [0.5, 0.6) is 5.75 Å². The highest BCUT2D eigenvalue weighted by Gasteiger charge is 2.27. The Morgan fingerprint density at radius 1 is 1.06 bits per heavy atom. The average Bonchev–Trinajstić information content (AvgIpc) is 3.28. The first-order chi connectivity index (χ1) is 16.7. The minimum atomic E-state index is 0.0280. The molecule has 2 aromatic carbocycles. The van der Waals surface area contributed by atoms with Crippen molar-refractivity contribution in [1.82, 2.24) is 14.8 Å². The van der Waals surface area contributed by atoms with Gasteiger partial charge in [-0.1, -0.05) is 24.3 Å². The molecule has 0 bridgehead atoms. The van der Waals surface area contributed by atoms with E-state index in [1.54, 1.807) is 0 Å². The van der Waals surface area contributed by atoms with Crippen LogP contribution in [0.25, 0.3) is 10.9 Å². The van der Waals surface area contributed by atoms with Crippen LogP contribution in [0.1, 0.15) is 41.6 Å². The van der Waals surface area contributed by atoms with Gasteiger partial charge in [-0.15, -0.1) is 0 Å². The average molecular weight is 458 g/mol. The van der Waals surface area contributed by atoms with Crippen molar-refractivity contribution in [1.29, 1.82) is 0 Å². The van der Waals surface area contributed by atoms with Crippen molar-refractivity contribution in [2.24, 2.45) is 5.92 Å². The molecule has 34 heavy (non-hydrogen) atoms. The number of pyridine rings is 1. The van der Waals surface area contributed by atoms with E-state index in [1.807, 2.05) is 46.3 Å². The van der Waals surface area contributed by atoms with Crippen molar-refractivity contribution in [2.75, 3.05) is 32.8 Å². The maximum absolute atomic E-state index is 13.4. The van der Waals surface area contributed by atoms with Crippen molar-refractivity contribution in [3.05, 3.63) is 71.9 Å². The molecule has 2 aliphatic heterocycles. The summed E-state index contributed by atoms with van der Waals surface area (Å²) in [7, 11) is 0. The fourth-order valence-electron chi connectivity index (χ4n) is 5.15. The molecular formula is C28H31N3O3. The van der Waals surface area contributed by atoms with Gasteiger partial charge in [0.25, 0.3) is 5.91 Å². The predicted octanol–water partition coefficient (Wildman–Crippen LogP) is 4.33. The number of piperidine rings is 1. The second-order valence-corrected chi connectivity index (χ2v) is 9.32. The molecule has 6 heteroatoms. The molecule has 0 radical (unpaired) electrons. The van der Waals surface area contributed by atoms with Crippen molar-refractivity contribution < 1.29 is 14.3 Å². The van der Waals surface area contributed by atoms with Crippen LogP contribution < -0.4 is 4.74 Å². The van der Waals surface area contributed by atoms with E-state index in [9.17, 15) is 9.59 Å². The Kier molecular flexibility index (Phi) is 6.74. The summed E-state index contributed by atoms with van der Waals surface area (Å²) in [4.78, 5) is 33.5. The fraction of sp³-hybridized carbons (Fsp3) is 0.393. The molecule has 5 rings (SSSR count). The third-order valence-electron chi connectivity index (χ3n) is 6.91. The van der Waals surface area contributed by atoms with Crippen molar-refractivity contribution in [3.63, 3.8) is 0 Å². The van der Waals surface area contributed by atoms with Crippen LogP contribution in [0.4, 0.5) is 0 Å². The Labute approximate surface area is 200 Å². The van der Waals surface area contributed by atoms with E-state index in [0.29, 0.717) is 36.8 Å². The number of likely N-dealkylation sites (tertiary alicyclic amines) is 2. The van der Waals surface area contributed by atoms with Gasteiger partial charge in [-0.05, 0) is 67.5 Å². The zero-order valence-corrected chi connectivity index (χ0v) is 19.5. The highest BCUT2D eigenvalue weighted by atomic mass is 16.5. The molecule has 1 aromatic heterocycles. The fourth-order valence-corrected chi connectivity index (χ4v) is 5.15. The standard InChI is InChI=1S/C28H31N3O3/c32-27-10-5-14-30(27)16-17-34-26-9-2-1-8-24(26)28(33)31-15-4-6-22(20-31)18-21-11-12-25-23(19-21)7-3-13-29-25/h1-3,7-9,11-13,19,22H,4-6,10,14-18,20H2/t22-/m1/s1. The van der Waals surface area contributed by atoms with Crippen LogP contribution in [0.15, 0.2) is 60.8 Å². The number of hydrogen-bond acceptors (Lipinski definition) is 4. The summed E-state index contributed by atoms with van der Waals surface area (Å²) in [6, 6.07) is 18.0. The number of carbonyl (C=O) groups is 2. The first-order valence-corrected chi connectivity index (χ1v) is 12.3. The first-order valence-electron chi connectivity index (χ1n) is 12.3. The predicted molar refractivity (Wildman–Crippen MR) is 132 cm³/mol. The van der Waals surface area contributed by atoms with E-state index in [4.69, 9.17) is 4.74 Å². The van der Waals surface area contributed by atoms with Crippen molar-refractivity contribution in [3.8, 4) is 5.75 Å². The lowest BCUT2D eigenvalue weighted by Crippen LogP contribution is -2.40. The van der Waals surface area contributed by atoms with Gasteiger partial charge in [0.1, 0.15) is 12.4 Å². The zero-order chi connectivity index (χ0) is 23.3. The van der Waals surface area contributed by atoms with E-state index >= 15 is 0 Å². The topological polar surface area (TPSA) is 62.7 Å². The third-order valence-corrected chi connectivity index (χ3v) is 6.91. The van der Waals surface area contributed by atoms with Gasteiger partial charge < -0.3 is 14.5 Å². The molecule has 0 aliphatic carbocycles. The highest BCUT2D eigenvalue weighted by molar-refractivity contribution is 5.97. The van der Waals surface area contributed by atoms with E-state index < -0.39 is 0 Å². The monoisotopic (exact) mass is 457 g/mol. The minimum Gasteiger partial charge on any atom is -0.491 e. The number of amides is 2. The number of rotatable bonds is 7. The van der Waals surface area contributed by atoms with Gasteiger partial charge in [0.2, 0.25) is 5.91 Å². The SMILES string of the molecule is O=C1CCCN1CCOc1ccccc1C(=O)N1CCC[C@H](Cc2ccc3ncccc3c2)C1. The van der Waals surface area contributed by atoms with Crippen LogP contribution in [0.3, 0.4) is 0 Å². The number of benzene rings is 2. The van der Waals surface area contributed by atoms with Gasteiger partial charge in [-0.2, -0.15) is 0 Å². The van der Waals surface area contributed by atoms with Crippen molar-refractivity contribution >= 4 is 22.7 Å². The summed E-state index contributed by atoms with van der Waals surface area (Å²) < 4.78 is 5.98. The first kappa shape index (κ1) is 22.4. The summed E-state index contributed by atoms with van der Waals surface area (Å²) in [6.07, 6.45) is 6.45. The highest BCUT2D eigenvalue weighted by Crippen LogP contribution is 2.26. The van der Waals surface area contributed by atoms with Gasteiger partial charge in [-0.25, -0.2) is 0 Å². The Morgan fingerprint density at radius 2 is 1.97 bits per heavy atom. The smallest absolute Gasteiger partial charge is 0.257 e. The van der Waals surface area contributed by atoms with E-state index in [1.165, 1.54) is 5.56 Å². The lowest BCUT2D eigenvalue weighted by atomic mass is 9.90. The molecule has 0 N–H and O–H groups in total. The van der Waals surface area contributed by atoms with E-state index in [-0.39, 0.29) is 11.8 Å². The lowest BCUT2D eigenvalue weighted by Gasteiger charge is -2.33. The lowest BCUT2D eigenvalue weighted by molar-refractivity contribution is -0.128. The molecular weight excluding hydrogens is 426 g/mol. The number of fused-ring (bicyclic) bond motifs is 1. The quantitative estimate of drug-likeness (QED) is 0.530. The molecule has 0 saturated carbocycles. The van der Waals surface area contributed by atoms with Gasteiger partial charge >= 0.3 is 0 Å². The molecule has 0 spiro atoms. The van der Waals surface area contributed by atoms with Gasteiger partial charge in [0.05, 0.1) is 17.6 Å². The normalized spacial score (nSPS) is 18.5. The molecule has 0 unspecified atom stereocenters. The van der Waals surface area contributed by atoms with Crippen LogP contribution >= 0.6 is 0 Å². The number of para-hydroxylation sites is 1. The summed E-state index contributed by atoms with van der Waals surface area (Å²) >= 11 is 0. The number of ether oxygens (including phenoxy) is 1. The van der Waals surface area contributed by atoms with Crippen LogP contribution in [-0.4, -0.2) is 59.4 Å². The summed E-state index contributed by atoms with van der Waals surface area (Å²) in [6.45, 7) is 3.28. The molecule has 2 saturated heterocycles. The number of aromatic nitrogens is 1. The van der Waals surface area contributed by atoms with Crippen LogP contribution in [-0.2, 0) is 11.2 Å².